The third-order valence-electron chi connectivity index (χ3n) is 4.54. The molecule has 0 aliphatic rings. The fourth-order valence-electron chi connectivity index (χ4n) is 2.98. The number of sulfonamides is 1. The highest BCUT2D eigenvalue weighted by atomic mass is 32.2. The summed E-state index contributed by atoms with van der Waals surface area (Å²) in [4.78, 5) is 12.5. The van der Waals surface area contributed by atoms with E-state index in [9.17, 15) is 13.2 Å². The summed E-state index contributed by atoms with van der Waals surface area (Å²) in [5, 5.41) is 2.73. The summed E-state index contributed by atoms with van der Waals surface area (Å²) in [7, 11) is -3.52. The molecule has 0 atom stereocenters. The van der Waals surface area contributed by atoms with Gasteiger partial charge < -0.3 is 10.1 Å². The summed E-state index contributed by atoms with van der Waals surface area (Å²) >= 11 is 0. The predicted molar refractivity (Wildman–Crippen MR) is 116 cm³/mol. The Bertz CT molecular complexity index is 928. The lowest BCUT2D eigenvalue weighted by Gasteiger charge is -2.22. The van der Waals surface area contributed by atoms with Crippen LogP contribution in [0.3, 0.4) is 0 Å². The van der Waals surface area contributed by atoms with Gasteiger partial charge in [0, 0.05) is 18.8 Å². The molecule has 0 bridgehead atoms. The van der Waals surface area contributed by atoms with E-state index >= 15 is 0 Å². The molecular formula is C22H30N2O4S. The standard InChI is InChI=1S/C22H30N2O4S/c1-6-24(7-2)29(26,27)18-14-12-17(13-15-18)23-21(25)16-28-20-11-9-8-10-19(20)22(3,4)5/h8-15H,6-7,16H2,1-5H3,(H,23,25). The van der Waals surface area contributed by atoms with Crippen molar-refractivity contribution in [3.8, 4) is 5.75 Å². The molecule has 0 saturated carbocycles. The van der Waals surface area contributed by atoms with Gasteiger partial charge in [-0.05, 0) is 41.3 Å². The molecule has 0 spiro atoms. The maximum absolute atomic E-state index is 12.5. The van der Waals surface area contributed by atoms with Gasteiger partial charge in [-0.1, -0.05) is 52.8 Å². The van der Waals surface area contributed by atoms with Gasteiger partial charge in [0.25, 0.3) is 5.91 Å². The third-order valence-corrected chi connectivity index (χ3v) is 6.60. The average molecular weight is 419 g/mol. The van der Waals surface area contributed by atoms with E-state index in [1.165, 1.54) is 16.4 Å². The number of benzene rings is 2. The minimum absolute atomic E-state index is 0.0980. The number of para-hydroxylation sites is 1. The van der Waals surface area contributed by atoms with Gasteiger partial charge in [-0.15, -0.1) is 0 Å². The van der Waals surface area contributed by atoms with Crippen molar-refractivity contribution in [3.63, 3.8) is 0 Å². The van der Waals surface area contributed by atoms with Crippen LogP contribution in [0.15, 0.2) is 53.4 Å². The van der Waals surface area contributed by atoms with Gasteiger partial charge in [0.05, 0.1) is 4.90 Å². The van der Waals surface area contributed by atoms with Gasteiger partial charge in [0.15, 0.2) is 6.61 Å². The molecule has 2 aromatic rings. The normalized spacial score (nSPS) is 12.1. The smallest absolute Gasteiger partial charge is 0.262 e. The summed E-state index contributed by atoms with van der Waals surface area (Å²) in [6.45, 7) is 10.5. The number of anilines is 1. The van der Waals surface area contributed by atoms with Crippen LogP contribution in [0.5, 0.6) is 5.75 Å². The van der Waals surface area contributed by atoms with Crippen molar-refractivity contribution in [2.75, 3.05) is 25.0 Å². The van der Waals surface area contributed by atoms with Crippen LogP contribution in [0, 0.1) is 0 Å². The zero-order chi connectivity index (χ0) is 21.7. The molecule has 2 rings (SSSR count). The number of amides is 1. The van der Waals surface area contributed by atoms with Gasteiger partial charge in [-0.2, -0.15) is 4.31 Å². The average Bonchev–Trinajstić information content (AvgIpc) is 2.67. The highest BCUT2D eigenvalue weighted by Gasteiger charge is 2.21. The quantitative estimate of drug-likeness (QED) is 0.702. The molecule has 6 nitrogen and oxygen atoms in total. The molecule has 0 fully saturated rings. The summed E-state index contributed by atoms with van der Waals surface area (Å²) in [6.07, 6.45) is 0. The Balaban J connectivity index is 2.02. The Morgan fingerprint density at radius 2 is 1.59 bits per heavy atom. The summed E-state index contributed by atoms with van der Waals surface area (Å²) in [5.74, 6) is 0.365. The minimum atomic E-state index is -3.52. The topological polar surface area (TPSA) is 75.7 Å². The summed E-state index contributed by atoms with van der Waals surface area (Å²) in [5.41, 5.74) is 1.44. The van der Waals surface area contributed by atoms with Crippen molar-refractivity contribution in [3.05, 3.63) is 54.1 Å². The maximum Gasteiger partial charge on any atom is 0.262 e. The van der Waals surface area contributed by atoms with E-state index in [-0.39, 0.29) is 22.8 Å². The van der Waals surface area contributed by atoms with Crippen LogP contribution in [0.4, 0.5) is 5.69 Å². The first-order chi connectivity index (χ1) is 13.6. The van der Waals surface area contributed by atoms with Gasteiger partial charge in [0.1, 0.15) is 5.75 Å². The highest BCUT2D eigenvalue weighted by molar-refractivity contribution is 7.89. The van der Waals surface area contributed by atoms with Crippen molar-refractivity contribution in [1.82, 2.24) is 4.31 Å². The monoisotopic (exact) mass is 418 g/mol. The molecule has 29 heavy (non-hydrogen) atoms. The Labute approximate surface area is 173 Å². The first-order valence-electron chi connectivity index (χ1n) is 9.72. The Hall–Kier alpha value is -2.38. The molecule has 7 heteroatoms. The molecule has 0 heterocycles. The number of hydrogen-bond acceptors (Lipinski definition) is 4. The number of carbonyl (C=O) groups is 1. The predicted octanol–water partition coefficient (Wildman–Crippen LogP) is 4.03. The first-order valence-corrected chi connectivity index (χ1v) is 11.2. The van der Waals surface area contributed by atoms with Crippen molar-refractivity contribution in [2.45, 2.75) is 44.9 Å². The van der Waals surface area contributed by atoms with Crippen LogP contribution >= 0.6 is 0 Å². The Kier molecular flexibility index (Phi) is 7.43. The highest BCUT2D eigenvalue weighted by Crippen LogP contribution is 2.30. The van der Waals surface area contributed by atoms with Crippen LogP contribution in [-0.4, -0.2) is 38.3 Å². The zero-order valence-electron chi connectivity index (χ0n) is 17.7. The SMILES string of the molecule is CCN(CC)S(=O)(=O)c1ccc(NC(=O)COc2ccccc2C(C)(C)C)cc1. The molecule has 158 valence electrons. The lowest BCUT2D eigenvalue weighted by atomic mass is 9.86. The second-order valence-corrected chi connectivity index (χ2v) is 9.63. The Morgan fingerprint density at radius 1 is 1.00 bits per heavy atom. The van der Waals surface area contributed by atoms with E-state index in [4.69, 9.17) is 4.74 Å². The molecule has 0 aromatic heterocycles. The maximum atomic E-state index is 12.5. The zero-order valence-corrected chi connectivity index (χ0v) is 18.5. The van der Waals surface area contributed by atoms with E-state index in [0.717, 1.165) is 5.56 Å². The van der Waals surface area contributed by atoms with Gasteiger partial charge in [-0.25, -0.2) is 8.42 Å². The second kappa shape index (κ2) is 9.41. The van der Waals surface area contributed by atoms with E-state index in [1.54, 1.807) is 26.0 Å². The largest absolute Gasteiger partial charge is 0.483 e. The number of ether oxygens (including phenoxy) is 1. The number of nitrogens with zero attached hydrogens (tertiary/aromatic N) is 1. The van der Waals surface area contributed by atoms with Crippen LogP contribution in [-0.2, 0) is 20.2 Å². The summed E-state index contributed by atoms with van der Waals surface area (Å²) < 4.78 is 32.1. The molecule has 0 aliphatic carbocycles. The van der Waals surface area contributed by atoms with E-state index in [2.05, 4.69) is 26.1 Å². The molecule has 0 radical (unpaired) electrons. The molecule has 0 saturated heterocycles. The van der Waals surface area contributed by atoms with Crippen molar-refractivity contribution in [1.29, 1.82) is 0 Å². The number of hydrogen-bond donors (Lipinski definition) is 1. The van der Waals surface area contributed by atoms with Gasteiger partial charge >= 0.3 is 0 Å². The minimum Gasteiger partial charge on any atom is -0.483 e. The lowest BCUT2D eigenvalue weighted by molar-refractivity contribution is -0.118. The fraction of sp³-hybridized carbons (Fsp3) is 0.409. The van der Waals surface area contributed by atoms with Crippen LogP contribution in [0.2, 0.25) is 0 Å². The van der Waals surface area contributed by atoms with Crippen molar-refractivity contribution >= 4 is 21.6 Å². The van der Waals surface area contributed by atoms with E-state index in [1.807, 2.05) is 24.3 Å². The molecule has 0 aliphatic heterocycles. The Morgan fingerprint density at radius 3 is 2.14 bits per heavy atom. The number of rotatable bonds is 8. The molecular weight excluding hydrogens is 388 g/mol. The van der Waals surface area contributed by atoms with Crippen LogP contribution in [0.1, 0.15) is 40.2 Å². The molecule has 2 aromatic carbocycles. The first kappa shape index (κ1) is 22.9. The third kappa shape index (κ3) is 5.81. The van der Waals surface area contributed by atoms with Crippen molar-refractivity contribution in [2.24, 2.45) is 0 Å². The number of carbonyl (C=O) groups excluding carboxylic acids is 1. The lowest BCUT2D eigenvalue weighted by Crippen LogP contribution is -2.30. The van der Waals surface area contributed by atoms with Crippen LogP contribution in [0.25, 0.3) is 0 Å². The van der Waals surface area contributed by atoms with Crippen molar-refractivity contribution < 1.29 is 17.9 Å². The fourth-order valence-corrected chi connectivity index (χ4v) is 4.43. The molecule has 0 unspecified atom stereocenters. The summed E-state index contributed by atoms with van der Waals surface area (Å²) in [6, 6.07) is 13.8. The van der Waals surface area contributed by atoms with Crippen LogP contribution < -0.4 is 10.1 Å². The molecule has 1 amide bonds. The van der Waals surface area contributed by atoms with E-state index in [0.29, 0.717) is 24.5 Å². The van der Waals surface area contributed by atoms with Gasteiger partial charge in [0.2, 0.25) is 10.0 Å². The second-order valence-electron chi connectivity index (χ2n) is 7.70. The number of nitrogens with one attached hydrogen (secondary N) is 1. The van der Waals surface area contributed by atoms with E-state index < -0.39 is 10.0 Å². The van der Waals surface area contributed by atoms with Gasteiger partial charge in [-0.3, -0.25) is 4.79 Å². The molecule has 1 N–H and O–H groups in total.